The smallest absolute Gasteiger partial charge is 0.338 e. The van der Waals surface area contributed by atoms with Gasteiger partial charge >= 0.3 is 11.9 Å². The maximum Gasteiger partial charge on any atom is 0.338 e. The fourth-order valence-electron chi connectivity index (χ4n) is 2.54. The van der Waals surface area contributed by atoms with Crippen LogP contribution in [0.4, 0.5) is 0 Å². The second-order valence-electron chi connectivity index (χ2n) is 5.97. The van der Waals surface area contributed by atoms with Crippen LogP contribution in [0.15, 0.2) is 72.8 Å². The average molecular weight is 386 g/mol. The van der Waals surface area contributed by atoms with Gasteiger partial charge in [0.05, 0.1) is 25.3 Å². The highest BCUT2D eigenvalue weighted by Gasteiger charge is 2.14. The number of hydrogen-bond donors (Lipinski definition) is 0. The van der Waals surface area contributed by atoms with Crippen LogP contribution in [0.3, 0.4) is 0 Å². The van der Waals surface area contributed by atoms with Gasteiger partial charge in [0.2, 0.25) is 0 Å². The van der Waals surface area contributed by atoms with E-state index >= 15 is 0 Å². The van der Waals surface area contributed by atoms with E-state index in [0.717, 1.165) is 11.1 Å². The lowest BCUT2D eigenvalue weighted by Crippen LogP contribution is -2.07. The monoisotopic (exact) mass is 386 g/mol. The van der Waals surface area contributed by atoms with Crippen LogP contribution in [-0.4, -0.2) is 26.2 Å². The maximum absolute atomic E-state index is 11.9. The van der Waals surface area contributed by atoms with Crippen LogP contribution < -0.4 is 4.74 Å². The molecular formula is C24H18O5. The SMILES string of the molecule is COC(=O)c1cc(Oc2ccc(C#Cc3ccccc3)cc2)cc(C(=O)OC)c1. The number of ether oxygens (including phenoxy) is 3. The first kappa shape index (κ1) is 19.7. The highest BCUT2D eigenvalue weighted by Crippen LogP contribution is 2.25. The normalized spacial score (nSPS) is 9.72. The van der Waals surface area contributed by atoms with Crippen molar-refractivity contribution in [2.24, 2.45) is 0 Å². The summed E-state index contributed by atoms with van der Waals surface area (Å²) in [5, 5.41) is 0. The van der Waals surface area contributed by atoms with Crippen molar-refractivity contribution in [3.8, 4) is 23.3 Å². The van der Waals surface area contributed by atoms with E-state index in [1.54, 1.807) is 12.1 Å². The summed E-state index contributed by atoms with van der Waals surface area (Å²) in [7, 11) is 2.53. The molecule has 0 radical (unpaired) electrons. The quantitative estimate of drug-likeness (QED) is 0.490. The van der Waals surface area contributed by atoms with Crippen molar-refractivity contribution in [2.75, 3.05) is 14.2 Å². The first-order valence-electron chi connectivity index (χ1n) is 8.76. The third-order valence-electron chi connectivity index (χ3n) is 3.96. The van der Waals surface area contributed by atoms with E-state index in [-0.39, 0.29) is 11.1 Å². The molecule has 29 heavy (non-hydrogen) atoms. The Morgan fingerprint density at radius 2 is 1.17 bits per heavy atom. The Morgan fingerprint density at radius 3 is 1.69 bits per heavy atom. The second kappa shape index (κ2) is 9.25. The van der Waals surface area contributed by atoms with Crippen LogP contribution in [0.2, 0.25) is 0 Å². The molecule has 3 aromatic rings. The van der Waals surface area contributed by atoms with Gasteiger partial charge in [0.25, 0.3) is 0 Å². The zero-order chi connectivity index (χ0) is 20.6. The summed E-state index contributed by atoms with van der Waals surface area (Å²) in [5.41, 5.74) is 2.15. The van der Waals surface area contributed by atoms with E-state index in [1.807, 2.05) is 42.5 Å². The molecule has 0 aliphatic carbocycles. The van der Waals surface area contributed by atoms with Crippen LogP contribution >= 0.6 is 0 Å². The first-order valence-corrected chi connectivity index (χ1v) is 8.76. The summed E-state index contributed by atoms with van der Waals surface area (Å²) >= 11 is 0. The lowest BCUT2D eigenvalue weighted by molar-refractivity contribution is 0.0598. The molecule has 5 nitrogen and oxygen atoms in total. The topological polar surface area (TPSA) is 61.8 Å². The number of hydrogen-bond acceptors (Lipinski definition) is 5. The van der Waals surface area contributed by atoms with Crippen molar-refractivity contribution in [3.05, 3.63) is 95.1 Å². The van der Waals surface area contributed by atoms with Gasteiger partial charge in [0, 0.05) is 11.1 Å². The molecule has 0 fully saturated rings. The lowest BCUT2D eigenvalue weighted by atomic mass is 10.1. The van der Waals surface area contributed by atoms with Crippen molar-refractivity contribution in [1.82, 2.24) is 0 Å². The van der Waals surface area contributed by atoms with Gasteiger partial charge in [-0.1, -0.05) is 30.0 Å². The van der Waals surface area contributed by atoms with E-state index in [2.05, 4.69) is 11.8 Å². The van der Waals surface area contributed by atoms with Gasteiger partial charge in [-0.05, 0) is 54.6 Å². The summed E-state index contributed by atoms with van der Waals surface area (Å²) in [6.07, 6.45) is 0. The summed E-state index contributed by atoms with van der Waals surface area (Å²) < 4.78 is 15.3. The lowest BCUT2D eigenvalue weighted by Gasteiger charge is -2.09. The van der Waals surface area contributed by atoms with Crippen LogP contribution in [0.5, 0.6) is 11.5 Å². The molecule has 0 saturated heterocycles. The number of carbonyl (C=O) groups excluding carboxylic acids is 2. The van der Waals surface area contributed by atoms with E-state index < -0.39 is 11.9 Å². The Bertz CT molecular complexity index is 1040. The summed E-state index contributed by atoms with van der Waals surface area (Å²) in [6.45, 7) is 0. The molecule has 0 saturated carbocycles. The molecule has 144 valence electrons. The van der Waals surface area contributed by atoms with Crippen LogP contribution in [0.25, 0.3) is 0 Å². The Balaban J connectivity index is 1.81. The van der Waals surface area contributed by atoms with E-state index in [1.165, 1.54) is 32.4 Å². The molecule has 0 unspecified atom stereocenters. The standard InChI is InChI=1S/C24H18O5/c1-27-23(25)19-14-20(24(26)28-2)16-22(15-19)29-21-12-10-18(11-13-21)9-8-17-6-4-3-5-7-17/h3-7,10-16H,1-2H3. The summed E-state index contributed by atoms with van der Waals surface area (Å²) in [5.74, 6) is 5.87. The van der Waals surface area contributed by atoms with E-state index in [0.29, 0.717) is 11.5 Å². The highest BCUT2D eigenvalue weighted by molar-refractivity contribution is 5.96. The largest absolute Gasteiger partial charge is 0.465 e. The molecule has 0 aliphatic heterocycles. The van der Waals surface area contributed by atoms with Crippen LogP contribution in [-0.2, 0) is 9.47 Å². The minimum atomic E-state index is -0.577. The summed E-state index contributed by atoms with van der Waals surface area (Å²) in [4.78, 5) is 23.7. The predicted octanol–water partition coefficient (Wildman–Crippen LogP) is 4.45. The molecule has 0 N–H and O–H groups in total. The number of methoxy groups -OCH3 is 2. The molecule has 0 spiro atoms. The second-order valence-corrected chi connectivity index (χ2v) is 5.97. The first-order chi connectivity index (χ1) is 14.1. The van der Waals surface area contributed by atoms with Gasteiger partial charge in [0.1, 0.15) is 11.5 Å². The number of esters is 2. The molecule has 0 aromatic heterocycles. The molecule has 5 heteroatoms. The molecule has 3 aromatic carbocycles. The van der Waals surface area contributed by atoms with E-state index in [4.69, 9.17) is 14.2 Å². The Labute approximate surface area is 168 Å². The van der Waals surface area contributed by atoms with Gasteiger partial charge in [-0.25, -0.2) is 9.59 Å². The number of carbonyl (C=O) groups is 2. The third kappa shape index (κ3) is 5.24. The number of benzene rings is 3. The highest BCUT2D eigenvalue weighted by atomic mass is 16.5. The summed E-state index contributed by atoms with van der Waals surface area (Å²) in [6, 6.07) is 21.3. The van der Waals surface area contributed by atoms with E-state index in [9.17, 15) is 9.59 Å². The zero-order valence-corrected chi connectivity index (χ0v) is 16.0. The van der Waals surface area contributed by atoms with Crippen molar-refractivity contribution < 1.29 is 23.8 Å². The molecular weight excluding hydrogens is 368 g/mol. The van der Waals surface area contributed by atoms with Gasteiger partial charge < -0.3 is 14.2 Å². The molecule has 0 atom stereocenters. The molecule has 0 bridgehead atoms. The average Bonchev–Trinajstić information content (AvgIpc) is 2.78. The molecule has 0 heterocycles. The van der Waals surface area contributed by atoms with Crippen molar-refractivity contribution >= 4 is 11.9 Å². The number of rotatable bonds is 4. The Morgan fingerprint density at radius 1 is 0.655 bits per heavy atom. The minimum Gasteiger partial charge on any atom is -0.465 e. The fourth-order valence-corrected chi connectivity index (χ4v) is 2.54. The van der Waals surface area contributed by atoms with Gasteiger partial charge in [-0.3, -0.25) is 0 Å². The van der Waals surface area contributed by atoms with Gasteiger partial charge in [0.15, 0.2) is 0 Å². The maximum atomic E-state index is 11.9. The zero-order valence-electron chi connectivity index (χ0n) is 16.0. The van der Waals surface area contributed by atoms with Crippen molar-refractivity contribution in [3.63, 3.8) is 0 Å². The van der Waals surface area contributed by atoms with Gasteiger partial charge in [-0.15, -0.1) is 0 Å². The van der Waals surface area contributed by atoms with Crippen LogP contribution in [0, 0.1) is 11.8 Å². The molecule has 0 amide bonds. The molecule has 3 rings (SSSR count). The third-order valence-corrected chi connectivity index (χ3v) is 3.96. The molecule has 0 aliphatic rings. The van der Waals surface area contributed by atoms with Crippen molar-refractivity contribution in [2.45, 2.75) is 0 Å². The predicted molar refractivity (Wildman–Crippen MR) is 108 cm³/mol. The minimum absolute atomic E-state index is 0.191. The van der Waals surface area contributed by atoms with Crippen LogP contribution in [0.1, 0.15) is 31.8 Å². The Hall–Kier alpha value is -4.04. The Kier molecular flexibility index (Phi) is 6.29. The van der Waals surface area contributed by atoms with Gasteiger partial charge in [-0.2, -0.15) is 0 Å². The fraction of sp³-hybridized carbons (Fsp3) is 0.0833. The van der Waals surface area contributed by atoms with Crippen molar-refractivity contribution in [1.29, 1.82) is 0 Å².